The fraction of sp³-hybridized carbons (Fsp3) is 0.308. The van der Waals surface area contributed by atoms with E-state index in [2.05, 4.69) is 20.6 Å². The molecule has 3 N–H and O–H groups in total. The number of carboxylic acid groups (broad SMARTS) is 1. The van der Waals surface area contributed by atoms with Crippen molar-refractivity contribution in [1.29, 1.82) is 0 Å². The van der Waals surface area contributed by atoms with Gasteiger partial charge in [0.05, 0.1) is 0 Å². The molecule has 0 unspecified atom stereocenters. The molecule has 0 radical (unpaired) electrons. The second-order valence-corrected chi connectivity index (χ2v) is 8.69. The summed E-state index contributed by atoms with van der Waals surface area (Å²) in [5.74, 6) is 0.263. The summed E-state index contributed by atoms with van der Waals surface area (Å²) in [4.78, 5) is 54.8. The molecule has 0 aliphatic carbocycles. The monoisotopic (exact) mass is 525 g/mol. The maximum Gasteiger partial charge on any atom is 0.328 e. The van der Waals surface area contributed by atoms with E-state index in [-0.39, 0.29) is 30.1 Å². The van der Waals surface area contributed by atoms with Crippen LogP contribution in [0.4, 0.5) is 11.6 Å². The zero-order valence-electron chi connectivity index (χ0n) is 20.1. The number of aliphatic carboxylic acids is 1. The van der Waals surface area contributed by atoms with Crippen molar-refractivity contribution in [2.75, 3.05) is 23.7 Å². The van der Waals surface area contributed by atoms with Gasteiger partial charge >= 0.3 is 5.97 Å². The van der Waals surface area contributed by atoms with Crippen molar-refractivity contribution in [3.05, 3.63) is 58.9 Å². The molecular formula is C26H28ClN5O5. The van der Waals surface area contributed by atoms with Crippen LogP contribution in [0.25, 0.3) is 12.2 Å². The van der Waals surface area contributed by atoms with Gasteiger partial charge in [-0.3, -0.25) is 14.4 Å². The van der Waals surface area contributed by atoms with Gasteiger partial charge in [0, 0.05) is 50.5 Å². The summed E-state index contributed by atoms with van der Waals surface area (Å²) in [5, 5.41) is 13.9. The highest BCUT2D eigenvalue weighted by molar-refractivity contribution is 5.94. The van der Waals surface area contributed by atoms with Crippen LogP contribution in [0.3, 0.4) is 0 Å². The maximum absolute atomic E-state index is 11.9. The SMILES string of the molecule is Cl.O=C(O)/C=C/c1cnc2c(c1)CCC(=O)N2.O=C1CCc2cc(/C=C/C(=O)N3CCCC3)cnc2N1. The van der Waals surface area contributed by atoms with Gasteiger partial charge in [-0.25, -0.2) is 14.8 Å². The van der Waals surface area contributed by atoms with Crippen molar-refractivity contribution in [3.63, 3.8) is 0 Å². The molecule has 2 aromatic heterocycles. The number of anilines is 2. The van der Waals surface area contributed by atoms with Crippen LogP contribution >= 0.6 is 12.4 Å². The topological polar surface area (TPSA) is 142 Å². The number of amides is 3. The number of aromatic nitrogens is 2. The number of halogens is 1. The van der Waals surface area contributed by atoms with E-state index in [9.17, 15) is 19.2 Å². The van der Waals surface area contributed by atoms with Gasteiger partial charge in [-0.1, -0.05) is 0 Å². The molecule has 3 amide bonds. The number of nitrogens with zero attached hydrogens (tertiary/aromatic N) is 3. The minimum absolute atomic E-state index is 0. The standard InChI is InChI=1S/C15H17N3O2.C11H10N2O3.ClH/c19-13-5-4-12-9-11(10-16-15(12)17-13)3-6-14(20)18-7-1-2-8-18;14-9-3-2-8-5-7(1-4-10(15)16)6-12-11(8)13-9;/h3,6,9-10H,1-2,4-5,7-8H2,(H,16,17,19);1,4-6H,2-3H2,(H,15,16)(H,12,13,14);1H/b6-3+;4-1+;. The van der Waals surface area contributed by atoms with Crippen molar-refractivity contribution in [1.82, 2.24) is 14.9 Å². The molecule has 0 bridgehead atoms. The number of rotatable bonds is 4. The van der Waals surface area contributed by atoms with E-state index < -0.39 is 5.97 Å². The van der Waals surface area contributed by atoms with Gasteiger partial charge in [-0.05, 0) is 72.2 Å². The van der Waals surface area contributed by atoms with Crippen molar-refractivity contribution in [2.45, 2.75) is 38.5 Å². The molecule has 0 spiro atoms. The molecule has 2 aromatic rings. The van der Waals surface area contributed by atoms with Crippen LogP contribution in [0, 0.1) is 0 Å². The Hall–Kier alpha value is -4.05. The molecule has 1 fully saturated rings. The Labute approximate surface area is 220 Å². The van der Waals surface area contributed by atoms with Crippen LogP contribution in [0.15, 0.2) is 36.7 Å². The van der Waals surface area contributed by atoms with Crippen LogP contribution in [-0.2, 0) is 32.0 Å². The second kappa shape index (κ2) is 12.8. The highest BCUT2D eigenvalue weighted by Crippen LogP contribution is 2.22. The number of pyridine rings is 2. The Kier molecular flexibility index (Phi) is 9.51. The highest BCUT2D eigenvalue weighted by Gasteiger charge is 2.17. The molecule has 5 heterocycles. The maximum atomic E-state index is 11.9. The lowest BCUT2D eigenvalue weighted by molar-refractivity contribution is -0.131. The van der Waals surface area contributed by atoms with Gasteiger partial charge in [0.2, 0.25) is 17.7 Å². The second-order valence-electron chi connectivity index (χ2n) is 8.69. The largest absolute Gasteiger partial charge is 0.478 e. The summed E-state index contributed by atoms with van der Waals surface area (Å²) >= 11 is 0. The fourth-order valence-electron chi connectivity index (χ4n) is 4.11. The average Bonchev–Trinajstić information content (AvgIpc) is 3.41. The lowest BCUT2D eigenvalue weighted by Crippen LogP contribution is -2.25. The summed E-state index contributed by atoms with van der Waals surface area (Å²) in [6.45, 7) is 1.72. The molecule has 3 aliphatic rings. The zero-order chi connectivity index (χ0) is 25.5. The van der Waals surface area contributed by atoms with Crippen LogP contribution in [-0.4, -0.2) is 56.8 Å². The van der Waals surface area contributed by atoms with Gasteiger partial charge in [-0.2, -0.15) is 0 Å². The summed E-state index contributed by atoms with van der Waals surface area (Å²) in [6.07, 6.45) is 13.6. The number of hydrogen-bond acceptors (Lipinski definition) is 6. The van der Waals surface area contributed by atoms with Gasteiger partial charge in [-0.15, -0.1) is 12.4 Å². The van der Waals surface area contributed by atoms with E-state index >= 15 is 0 Å². The van der Waals surface area contributed by atoms with Crippen LogP contribution in [0.5, 0.6) is 0 Å². The van der Waals surface area contributed by atoms with E-state index in [4.69, 9.17) is 5.11 Å². The number of hydrogen-bond donors (Lipinski definition) is 3. The lowest BCUT2D eigenvalue weighted by atomic mass is 10.0. The zero-order valence-corrected chi connectivity index (χ0v) is 20.9. The van der Waals surface area contributed by atoms with E-state index in [1.807, 2.05) is 17.0 Å². The smallest absolute Gasteiger partial charge is 0.328 e. The Balaban J connectivity index is 0.000000205. The molecule has 3 aliphatic heterocycles. The van der Waals surface area contributed by atoms with E-state index in [0.29, 0.717) is 37.3 Å². The molecule has 5 rings (SSSR count). The average molecular weight is 526 g/mol. The summed E-state index contributed by atoms with van der Waals surface area (Å²) in [5.41, 5.74) is 3.58. The number of carboxylic acids is 1. The van der Waals surface area contributed by atoms with Gasteiger partial charge in [0.25, 0.3) is 0 Å². The molecule has 0 saturated carbocycles. The van der Waals surface area contributed by atoms with Crippen molar-refractivity contribution >= 4 is 59.9 Å². The third-order valence-electron chi connectivity index (χ3n) is 5.99. The number of aryl methyl sites for hydroxylation is 2. The lowest BCUT2D eigenvalue weighted by Gasteiger charge is -2.15. The van der Waals surface area contributed by atoms with Crippen molar-refractivity contribution in [3.8, 4) is 0 Å². The number of likely N-dealkylation sites (tertiary alicyclic amines) is 1. The van der Waals surface area contributed by atoms with Crippen LogP contribution in [0.1, 0.15) is 47.9 Å². The number of fused-ring (bicyclic) bond motifs is 2. The number of carbonyl (C=O) groups excluding carboxylic acids is 3. The van der Waals surface area contributed by atoms with E-state index in [0.717, 1.165) is 54.3 Å². The van der Waals surface area contributed by atoms with E-state index in [1.165, 1.54) is 12.3 Å². The predicted molar refractivity (Wildman–Crippen MR) is 141 cm³/mol. The van der Waals surface area contributed by atoms with E-state index in [1.54, 1.807) is 18.3 Å². The molecule has 194 valence electrons. The molecule has 0 aromatic carbocycles. The van der Waals surface area contributed by atoms with Crippen LogP contribution < -0.4 is 10.6 Å². The normalized spacial score (nSPS) is 16.2. The fourth-order valence-corrected chi connectivity index (χ4v) is 4.11. The molecule has 0 atom stereocenters. The van der Waals surface area contributed by atoms with Gasteiger partial charge in [0.15, 0.2) is 0 Å². The van der Waals surface area contributed by atoms with Gasteiger partial charge < -0.3 is 20.6 Å². The summed E-state index contributed by atoms with van der Waals surface area (Å²) in [6, 6.07) is 3.82. The quantitative estimate of drug-likeness (QED) is 0.521. The molecule has 37 heavy (non-hydrogen) atoms. The first kappa shape index (κ1) is 27.5. The number of carbonyl (C=O) groups is 4. The first-order chi connectivity index (χ1) is 17.4. The molecular weight excluding hydrogens is 498 g/mol. The minimum atomic E-state index is -0.994. The Bertz CT molecular complexity index is 1250. The number of nitrogens with one attached hydrogen (secondary N) is 2. The van der Waals surface area contributed by atoms with Crippen LogP contribution in [0.2, 0.25) is 0 Å². The third kappa shape index (κ3) is 7.71. The van der Waals surface area contributed by atoms with Crippen molar-refractivity contribution in [2.24, 2.45) is 0 Å². The molecule has 10 nitrogen and oxygen atoms in total. The Morgan fingerprint density at radius 1 is 0.811 bits per heavy atom. The van der Waals surface area contributed by atoms with Gasteiger partial charge in [0.1, 0.15) is 11.6 Å². The highest BCUT2D eigenvalue weighted by atomic mass is 35.5. The minimum Gasteiger partial charge on any atom is -0.478 e. The van der Waals surface area contributed by atoms with Crippen molar-refractivity contribution < 1.29 is 24.3 Å². The molecule has 1 saturated heterocycles. The predicted octanol–water partition coefficient (Wildman–Crippen LogP) is 3.09. The first-order valence-corrected chi connectivity index (χ1v) is 11.8. The first-order valence-electron chi connectivity index (χ1n) is 11.8. The third-order valence-corrected chi connectivity index (χ3v) is 5.99. The Morgan fingerprint density at radius 3 is 1.78 bits per heavy atom. The summed E-state index contributed by atoms with van der Waals surface area (Å²) < 4.78 is 0. The molecule has 11 heteroatoms. The summed E-state index contributed by atoms with van der Waals surface area (Å²) in [7, 11) is 0. The Morgan fingerprint density at radius 2 is 1.30 bits per heavy atom.